The van der Waals surface area contributed by atoms with E-state index in [-0.39, 0.29) is 5.41 Å². The highest BCUT2D eigenvalue weighted by atomic mass is 14.6. The van der Waals surface area contributed by atoms with Gasteiger partial charge >= 0.3 is 0 Å². The first-order valence-corrected chi connectivity index (χ1v) is 14.5. The minimum atomic E-state index is 0.270. The van der Waals surface area contributed by atoms with Gasteiger partial charge in [0.2, 0.25) is 0 Å². The Bertz CT molecular complexity index is 880. The first-order valence-electron chi connectivity index (χ1n) is 14.5. The van der Waals surface area contributed by atoms with Gasteiger partial charge in [-0.05, 0) is 78.0 Å². The zero-order chi connectivity index (χ0) is 26.1. The van der Waals surface area contributed by atoms with E-state index in [0.717, 1.165) is 6.42 Å². The second-order valence-electron chi connectivity index (χ2n) is 12.6. The summed E-state index contributed by atoms with van der Waals surface area (Å²) >= 11 is 0. The van der Waals surface area contributed by atoms with Gasteiger partial charge in [0.25, 0.3) is 0 Å². The molecule has 35 heavy (non-hydrogen) atoms. The zero-order valence-electron chi connectivity index (χ0n) is 24.3. The third kappa shape index (κ3) is 9.09. The first kappa shape index (κ1) is 29.6. The summed E-state index contributed by atoms with van der Waals surface area (Å²) < 4.78 is 0. The molecule has 0 aliphatic heterocycles. The Kier molecular flexibility index (Phi) is 11.5. The first-order chi connectivity index (χ1) is 16.5. The minimum Gasteiger partial charge on any atom is -0.328 e. The van der Waals surface area contributed by atoms with Crippen LogP contribution in [-0.4, -0.2) is 6.04 Å². The van der Waals surface area contributed by atoms with E-state index in [0.29, 0.717) is 17.4 Å². The van der Waals surface area contributed by atoms with Gasteiger partial charge in [-0.2, -0.15) is 0 Å². The molecule has 196 valence electrons. The SMILES string of the molecule is CC1=C/C(C)C/C=C/C(c2ccc3c(c2)C(C)(C)CCC3(C)C)=C\1.CCCCCCC(N)CCC. The van der Waals surface area contributed by atoms with Crippen molar-refractivity contribution < 1.29 is 0 Å². The summed E-state index contributed by atoms with van der Waals surface area (Å²) in [5.74, 6) is 0.627. The van der Waals surface area contributed by atoms with E-state index in [1.165, 1.54) is 74.5 Å². The second kappa shape index (κ2) is 13.6. The standard InChI is InChI=1S/C24H32.C10H23N/c1-17-8-7-9-19(15-18(2)14-17)20-10-11-21-22(16-20)24(5,6)13-12-23(21,3)4;1-3-5-6-7-9-10(11)8-4-2/h7,9-11,14-17H,8,12-13H2,1-6H3;10H,3-9,11H2,1-2H3/b9-7+,18-14-,19-15+;. The largest absolute Gasteiger partial charge is 0.328 e. The van der Waals surface area contributed by atoms with Crippen molar-refractivity contribution in [1.82, 2.24) is 0 Å². The monoisotopic (exact) mass is 477 g/mol. The summed E-state index contributed by atoms with van der Waals surface area (Å²) in [4.78, 5) is 0. The lowest BCUT2D eigenvalue weighted by Crippen LogP contribution is -2.33. The van der Waals surface area contributed by atoms with Crippen LogP contribution >= 0.6 is 0 Å². The van der Waals surface area contributed by atoms with Crippen LogP contribution in [-0.2, 0) is 10.8 Å². The molecule has 0 heterocycles. The van der Waals surface area contributed by atoms with E-state index in [2.05, 4.69) is 97.9 Å². The van der Waals surface area contributed by atoms with E-state index in [4.69, 9.17) is 5.73 Å². The number of benzene rings is 1. The van der Waals surface area contributed by atoms with Gasteiger partial charge in [-0.3, -0.25) is 0 Å². The summed E-state index contributed by atoms with van der Waals surface area (Å²) in [6.45, 7) is 18.5. The molecular formula is C34H55N. The van der Waals surface area contributed by atoms with Crippen molar-refractivity contribution >= 4 is 5.57 Å². The van der Waals surface area contributed by atoms with Crippen molar-refractivity contribution in [2.75, 3.05) is 0 Å². The molecule has 0 radical (unpaired) electrons. The van der Waals surface area contributed by atoms with Crippen molar-refractivity contribution in [2.24, 2.45) is 11.7 Å². The molecule has 2 atom stereocenters. The molecule has 0 bridgehead atoms. The Hall–Kier alpha value is -1.60. The highest BCUT2D eigenvalue weighted by Gasteiger charge is 2.37. The van der Waals surface area contributed by atoms with Crippen LogP contribution in [0.15, 0.2) is 48.1 Å². The van der Waals surface area contributed by atoms with Gasteiger partial charge in [-0.15, -0.1) is 0 Å². The van der Waals surface area contributed by atoms with Crippen LogP contribution in [0.25, 0.3) is 5.57 Å². The molecule has 0 saturated carbocycles. The number of hydrogen-bond acceptors (Lipinski definition) is 1. The van der Waals surface area contributed by atoms with Crippen molar-refractivity contribution in [3.8, 4) is 0 Å². The molecule has 2 N–H and O–H groups in total. The Morgan fingerprint density at radius 3 is 2.26 bits per heavy atom. The maximum absolute atomic E-state index is 5.87. The van der Waals surface area contributed by atoms with Gasteiger partial charge in [-0.25, -0.2) is 0 Å². The summed E-state index contributed by atoms with van der Waals surface area (Å²) in [5.41, 5.74) is 13.6. The number of allylic oxidation sites excluding steroid dienone is 6. The molecular weight excluding hydrogens is 422 g/mol. The van der Waals surface area contributed by atoms with Gasteiger partial charge in [0.05, 0.1) is 0 Å². The van der Waals surface area contributed by atoms with E-state index in [1.54, 1.807) is 11.1 Å². The van der Waals surface area contributed by atoms with Crippen LogP contribution in [0.3, 0.4) is 0 Å². The Morgan fingerprint density at radius 1 is 0.914 bits per heavy atom. The van der Waals surface area contributed by atoms with Crippen LogP contribution in [0, 0.1) is 5.92 Å². The van der Waals surface area contributed by atoms with E-state index < -0.39 is 0 Å². The molecule has 1 aromatic carbocycles. The average molecular weight is 478 g/mol. The van der Waals surface area contributed by atoms with Crippen LogP contribution in [0.5, 0.6) is 0 Å². The van der Waals surface area contributed by atoms with Crippen molar-refractivity contribution in [3.63, 3.8) is 0 Å². The fraction of sp³-hybridized carbons (Fsp3) is 0.647. The number of hydrogen-bond donors (Lipinski definition) is 1. The summed E-state index contributed by atoms with van der Waals surface area (Å²) in [5, 5.41) is 0. The molecule has 0 amide bonds. The molecule has 2 aliphatic rings. The number of fused-ring (bicyclic) bond motifs is 1. The molecule has 3 rings (SSSR count). The van der Waals surface area contributed by atoms with Crippen molar-refractivity contribution in [1.29, 1.82) is 0 Å². The number of nitrogens with two attached hydrogens (primary N) is 1. The van der Waals surface area contributed by atoms with Crippen molar-refractivity contribution in [3.05, 3.63) is 64.8 Å². The smallest absolute Gasteiger partial charge is 0.00387 e. The molecule has 0 saturated heterocycles. The second-order valence-corrected chi connectivity index (χ2v) is 12.6. The van der Waals surface area contributed by atoms with Gasteiger partial charge in [0.1, 0.15) is 0 Å². The molecule has 0 aromatic heterocycles. The summed E-state index contributed by atoms with van der Waals surface area (Å²) in [6, 6.07) is 7.65. The van der Waals surface area contributed by atoms with Crippen LogP contribution in [0.4, 0.5) is 0 Å². The highest BCUT2D eigenvalue weighted by molar-refractivity contribution is 5.77. The molecule has 0 fully saturated rings. The summed E-state index contributed by atoms with van der Waals surface area (Å²) in [6.07, 6.45) is 22.1. The topological polar surface area (TPSA) is 26.0 Å². The molecule has 2 unspecified atom stereocenters. The summed E-state index contributed by atoms with van der Waals surface area (Å²) in [7, 11) is 0. The Labute approximate surface area is 218 Å². The van der Waals surface area contributed by atoms with Gasteiger partial charge in [-0.1, -0.05) is 129 Å². The van der Waals surface area contributed by atoms with Gasteiger partial charge < -0.3 is 5.73 Å². The van der Waals surface area contributed by atoms with Crippen LogP contribution in [0.2, 0.25) is 0 Å². The quantitative estimate of drug-likeness (QED) is 0.370. The highest BCUT2D eigenvalue weighted by Crippen LogP contribution is 2.46. The predicted octanol–water partition coefficient (Wildman–Crippen LogP) is 10.0. The molecule has 0 spiro atoms. The van der Waals surface area contributed by atoms with Crippen LogP contribution < -0.4 is 5.73 Å². The minimum absolute atomic E-state index is 0.270. The third-order valence-corrected chi connectivity index (χ3v) is 8.01. The molecule has 1 nitrogen and oxygen atoms in total. The number of unbranched alkanes of at least 4 members (excludes halogenated alkanes) is 3. The molecule has 2 aliphatic carbocycles. The lowest BCUT2D eigenvalue weighted by atomic mass is 9.63. The predicted molar refractivity (Wildman–Crippen MR) is 158 cm³/mol. The van der Waals surface area contributed by atoms with Crippen LogP contribution in [0.1, 0.15) is 136 Å². The lowest BCUT2D eigenvalue weighted by Gasteiger charge is -2.42. The van der Waals surface area contributed by atoms with E-state index in [9.17, 15) is 0 Å². The van der Waals surface area contributed by atoms with E-state index in [1.807, 2.05) is 0 Å². The Morgan fingerprint density at radius 2 is 1.60 bits per heavy atom. The fourth-order valence-electron chi connectivity index (χ4n) is 5.56. The third-order valence-electron chi connectivity index (χ3n) is 8.01. The fourth-order valence-corrected chi connectivity index (χ4v) is 5.56. The zero-order valence-corrected chi connectivity index (χ0v) is 24.3. The molecule has 1 heteroatoms. The Balaban J connectivity index is 0.000000334. The van der Waals surface area contributed by atoms with E-state index >= 15 is 0 Å². The van der Waals surface area contributed by atoms with Gasteiger partial charge in [0, 0.05) is 6.04 Å². The van der Waals surface area contributed by atoms with Gasteiger partial charge in [0.15, 0.2) is 0 Å². The molecule has 1 aromatic rings. The maximum atomic E-state index is 5.87. The van der Waals surface area contributed by atoms with Crippen molar-refractivity contribution in [2.45, 2.75) is 136 Å². The lowest BCUT2D eigenvalue weighted by molar-refractivity contribution is 0.332. The number of rotatable bonds is 8. The average Bonchev–Trinajstić information content (AvgIpc) is 2.78. The normalized spacial score (nSPS) is 25.3. The maximum Gasteiger partial charge on any atom is 0.00387 e.